The number of carboxylic acid groups (broad SMARTS) is 1. The average Bonchev–Trinajstić information content (AvgIpc) is 2.29. The van der Waals surface area contributed by atoms with Crippen molar-refractivity contribution < 1.29 is 32.3 Å². The quantitative estimate of drug-likeness (QED) is 0.858. The number of hydrogen-bond donors (Lipinski definition) is 1. The van der Waals surface area contributed by atoms with Gasteiger partial charge in [0, 0.05) is 7.05 Å². The molecule has 0 heterocycles. The van der Waals surface area contributed by atoms with Crippen LogP contribution in [0.4, 0.5) is 17.6 Å². The maximum Gasteiger partial charge on any atom is 0.336 e. The molecule has 1 rings (SSSR count). The Balaban J connectivity index is 3.21. The average molecular weight is 279 g/mol. The minimum Gasteiger partial charge on any atom is -0.478 e. The summed E-state index contributed by atoms with van der Waals surface area (Å²) in [7, 11) is 1.00. The number of halogens is 4. The van der Waals surface area contributed by atoms with Gasteiger partial charge in [-0.25, -0.2) is 22.4 Å². The van der Waals surface area contributed by atoms with E-state index in [1.807, 2.05) is 0 Å². The lowest BCUT2D eigenvalue weighted by molar-refractivity contribution is 0.0606. The highest BCUT2D eigenvalue weighted by Gasteiger charge is 2.24. The number of benzene rings is 1. The van der Waals surface area contributed by atoms with Gasteiger partial charge in [0.05, 0.1) is 17.7 Å². The van der Waals surface area contributed by atoms with Crippen LogP contribution in [0.25, 0.3) is 0 Å². The lowest BCUT2D eigenvalue weighted by Crippen LogP contribution is -2.32. The minimum absolute atomic E-state index is 0.334. The summed E-state index contributed by atoms with van der Waals surface area (Å²) in [5.41, 5.74) is -1.47. The molecule has 104 valence electrons. The summed E-state index contributed by atoms with van der Waals surface area (Å²) in [4.78, 5) is 23.1. The Morgan fingerprint density at radius 3 is 2.11 bits per heavy atom. The lowest BCUT2D eigenvalue weighted by atomic mass is 10.1. The second kappa shape index (κ2) is 5.68. The topological polar surface area (TPSA) is 57.6 Å². The largest absolute Gasteiger partial charge is 0.478 e. The van der Waals surface area contributed by atoms with E-state index in [0.717, 1.165) is 7.05 Å². The zero-order valence-corrected chi connectivity index (χ0v) is 9.66. The Hall–Kier alpha value is -2.12. The van der Waals surface area contributed by atoms with Gasteiger partial charge in [0.2, 0.25) is 0 Å². The zero-order valence-electron chi connectivity index (χ0n) is 9.66. The van der Waals surface area contributed by atoms with E-state index in [4.69, 9.17) is 5.11 Å². The van der Waals surface area contributed by atoms with Gasteiger partial charge in [0.15, 0.2) is 11.6 Å². The third-order valence-electron chi connectivity index (χ3n) is 2.28. The Bertz CT molecular complexity index is 519. The second-order valence-corrected chi connectivity index (χ2v) is 3.69. The second-order valence-electron chi connectivity index (χ2n) is 3.69. The van der Waals surface area contributed by atoms with Gasteiger partial charge in [0.1, 0.15) is 0 Å². The molecule has 0 radical (unpaired) electrons. The predicted octanol–water partition coefficient (Wildman–Crippen LogP) is 2.00. The van der Waals surface area contributed by atoms with E-state index < -0.39 is 47.6 Å². The fraction of sp³-hybridized carbons (Fsp3) is 0.273. The van der Waals surface area contributed by atoms with Gasteiger partial charge < -0.3 is 10.0 Å². The Morgan fingerprint density at radius 1 is 1.21 bits per heavy atom. The first-order valence-corrected chi connectivity index (χ1v) is 5.00. The number of carbonyl (C=O) groups is 2. The normalized spacial score (nSPS) is 10.6. The monoisotopic (exact) mass is 279 g/mol. The first-order chi connectivity index (χ1) is 8.73. The standard InChI is InChI=1S/C11H9F4NO3/c1-16(4-9(14)15)10(17)5-2-7(12)8(13)3-6(5)11(18)19/h2-3,9H,4H2,1H3,(H,18,19). The molecule has 0 saturated heterocycles. The van der Waals surface area contributed by atoms with Gasteiger partial charge in [-0.05, 0) is 12.1 Å². The van der Waals surface area contributed by atoms with Crippen LogP contribution in [0.1, 0.15) is 20.7 Å². The number of hydrogen-bond acceptors (Lipinski definition) is 2. The number of nitrogens with zero attached hydrogens (tertiary/aromatic N) is 1. The molecule has 1 N–H and O–H groups in total. The molecule has 1 aromatic carbocycles. The van der Waals surface area contributed by atoms with Crippen LogP contribution in [0.15, 0.2) is 12.1 Å². The smallest absolute Gasteiger partial charge is 0.336 e. The number of rotatable bonds is 4. The van der Waals surface area contributed by atoms with Crippen LogP contribution >= 0.6 is 0 Å². The van der Waals surface area contributed by atoms with Gasteiger partial charge in [0.25, 0.3) is 12.3 Å². The first kappa shape index (κ1) is 14.9. The molecule has 8 heteroatoms. The van der Waals surface area contributed by atoms with Crippen molar-refractivity contribution in [1.29, 1.82) is 0 Å². The molecule has 0 aliphatic carbocycles. The van der Waals surface area contributed by atoms with Crippen molar-refractivity contribution in [3.8, 4) is 0 Å². The van der Waals surface area contributed by atoms with E-state index in [-0.39, 0.29) is 0 Å². The predicted molar refractivity (Wildman–Crippen MR) is 56.3 cm³/mol. The molecule has 0 saturated carbocycles. The first-order valence-electron chi connectivity index (χ1n) is 5.00. The van der Waals surface area contributed by atoms with E-state index in [9.17, 15) is 27.2 Å². The van der Waals surface area contributed by atoms with Gasteiger partial charge in [-0.1, -0.05) is 0 Å². The summed E-state index contributed by atoms with van der Waals surface area (Å²) < 4.78 is 50.2. The third-order valence-corrected chi connectivity index (χ3v) is 2.28. The van der Waals surface area contributed by atoms with Crippen molar-refractivity contribution in [2.45, 2.75) is 6.43 Å². The van der Waals surface area contributed by atoms with Crippen molar-refractivity contribution in [2.24, 2.45) is 0 Å². The summed E-state index contributed by atoms with van der Waals surface area (Å²) in [5, 5.41) is 8.79. The van der Waals surface area contributed by atoms with Gasteiger partial charge in [-0.3, -0.25) is 4.79 Å². The van der Waals surface area contributed by atoms with E-state index in [0.29, 0.717) is 17.0 Å². The van der Waals surface area contributed by atoms with Crippen LogP contribution in [0.2, 0.25) is 0 Å². The Labute approximate surface area is 105 Å². The zero-order chi connectivity index (χ0) is 14.7. The molecular formula is C11H9F4NO3. The third kappa shape index (κ3) is 3.43. The molecular weight excluding hydrogens is 270 g/mol. The number of amides is 1. The minimum atomic E-state index is -2.83. The summed E-state index contributed by atoms with van der Waals surface area (Å²) in [6.45, 7) is -0.948. The molecule has 1 aromatic rings. The molecule has 0 fully saturated rings. The number of carboxylic acids is 1. The maximum absolute atomic E-state index is 13.0. The summed E-state index contributed by atoms with van der Waals surface area (Å²) >= 11 is 0. The number of aromatic carboxylic acids is 1. The van der Waals surface area contributed by atoms with Gasteiger partial charge in [-0.15, -0.1) is 0 Å². The summed E-state index contributed by atoms with van der Waals surface area (Å²) in [6.07, 6.45) is -2.83. The van der Waals surface area contributed by atoms with Crippen LogP contribution in [0, 0.1) is 11.6 Å². The molecule has 0 aliphatic heterocycles. The SMILES string of the molecule is CN(CC(F)F)C(=O)c1cc(F)c(F)cc1C(=O)O. The lowest BCUT2D eigenvalue weighted by Gasteiger charge is -2.17. The van der Waals surface area contributed by atoms with Crippen LogP contribution < -0.4 is 0 Å². The maximum atomic E-state index is 13.0. The van der Waals surface area contributed by atoms with Crippen molar-refractivity contribution in [2.75, 3.05) is 13.6 Å². The van der Waals surface area contributed by atoms with E-state index in [1.165, 1.54) is 0 Å². The highest BCUT2D eigenvalue weighted by molar-refractivity contribution is 6.04. The molecule has 1 amide bonds. The van der Waals surface area contributed by atoms with E-state index in [1.54, 1.807) is 0 Å². The number of carbonyl (C=O) groups excluding carboxylic acids is 1. The molecule has 0 aromatic heterocycles. The van der Waals surface area contributed by atoms with Crippen LogP contribution in [0.3, 0.4) is 0 Å². The molecule has 0 atom stereocenters. The highest BCUT2D eigenvalue weighted by atomic mass is 19.3. The molecule has 0 spiro atoms. The molecule has 0 unspecified atom stereocenters. The van der Waals surface area contributed by atoms with Crippen molar-refractivity contribution in [1.82, 2.24) is 4.90 Å². The van der Waals surface area contributed by atoms with Crippen molar-refractivity contribution in [3.63, 3.8) is 0 Å². The van der Waals surface area contributed by atoms with Gasteiger partial charge in [-0.2, -0.15) is 0 Å². The van der Waals surface area contributed by atoms with Gasteiger partial charge >= 0.3 is 5.97 Å². The molecule has 0 bridgehead atoms. The fourth-order valence-corrected chi connectivity index (χ4v) is 1.40. The van der Waals surface area contributed by atoms with Crippen LogP contribution in [0.5, 0.6) is 0 Å². The van der Waals surface area contributed by atoms with Crippen LogP contribution in [-0.2, 0) is 0 Å². The van der Waals surface area contributed by atoms with Crippen molar-refractivity contribution in [3.05, 3.63) is 34.9 Å². The van der Waals surface area contributed by atoms with Crippen molar-refractivity contribution >= 4 is 11.9 Å². The summed E-state index contributed by atoms with van der Waals surface area (Å²) in [5.74, 6) is -5.66. The Morgan fingerprint density at radius 2 is 1.68 bits per heavy atom. The molecule has 0 aliphatic rings. The molecule has 4 nitrogen and oxygen atoms in total. The van der Waals surface area contributed by atoms with E-state index >= 15 is 0 Å². The molecule has 19 heavy (non-hydrogen) atoms. The van der Waals surface area contributed by atoms with E-state index in [2.05, 4.69) is 0 Å². The summed E-state index contributed by atoms with van der Waals surface area (Å²) in [6, 6.07) is 0.713. The number of alkyl halides is 2. The highest BCUT2D eigenvalue weighted by Crippen LogP contribution is 2.17. The Kier molecular flexibility index (Phi) is 4.47. The van der Waals surface area contributed by atoms with Crippen LogP contribution in [-0.4, -0.2) is 41.9 Å². The fourth-order valence-electron chi connectivity index (χ4n) is 1.40.